The Bertz CT molecular complexity index is 226. The van der Waals surface area contributed by atoms with E-state index in [2.05, 4.69) is 6.92 Å². The number of unbranched alkanes of at least 4 members (excludes halogenated alkanes) is 9. The van der Waals surface area contributed by atoms with Crippen LogP contribution in [0.1, 0.15) is 71.1 Å². The summed E-state index contributed by atoms with van der Waals surface area (Å²) in [6, 6.07) is 0. The van der Waals surface area contributed by atoms with Crippen molar-refractivity contribution in [1.82, 2.24) is 0 Å². The predicted octanol–water partition coefficient (Wildman–Crippen LogP) is 2.92. The van der Waals surface area contributed by atoms with E-state index in [4.69, 9.17) is 0 Å². The van der Waals surface area contributed by atoms with Crippen LogP contribution in [0.15, 0.2) is 0 Å². The highest BCUT2D eigenvalue weighted by atomic mass is 32.2. The standard InChI is InChI=1S/C17H36O4S/c1-2-3-4-5-6-7-8-9-10-11-12-22-16(21)17(13-18,14-19)15-20/h16,18-21H,2-15H2,1H3. The van der Waals surface area contributed by atoms with E-state index in [-0.39, 0.29) is 0 Å². The molecule has 1 unspecified atom stereocenters. The Morgan fingerprint density at radius 1 is 0.727 bits per heavy atom. The molecule has 0 aromatic rings. The molecule has 0 aromatic heterocycles. The fourth-order valence-electron chi connectivity index (χ4n) is 2.35. The molecule has 0 spiro atoms. The zero-order chi connectivity index (χ0) is 16.7. The summed E-state index contributed by atoms with van der Waals surface area (Å²) in [5, 5.41) is 37.7. The Morgan fingerprint density at radius 2 is 1.14 bits per heavy atom. The molecule has 0 heterocycles. The lowest BCUT2D eigenvalue weighted by atomic mass is 9.92. The molecule has 22 heavy (non-hydrogen) atoms. The Morgan fingerprint density at radius 3 is 1.55 bits per heavy atom. The highest BCUT2D eigenvalue weighted by Crippen LogP contribution is 2.29. The molecular weight excluding hydrogens is 300 g/mol. The molecule has 0 aliphatic carbocycles. The van der Waals surface area contributed by atoms with Crippen molar-refractivity contribution < 1.29 is 20.4 Å². The highest BCUT2D eigenvalue weighted by molar-refractivity contribution is 7.99. The van der Waals surface area contributed by atoms with Gasteiger partial charge in [-0.3, -0.25) is 0 Å². The molecule has 0 amide bonds. The first-order chi connectivity index (χ1) is 10.7. The molecule has 0 aliphatic heterocycles. The van der Waals surface area contributed by atoms with Gasteiger partial charge in [-0.2, -0.15) is 0 Å². The normalized spacial score (nSPS) is 13.5. The van der Waals surface area contributed by atoms with Gasteiger partial charge >= 0.3 is 0 Å². The van der Waals surface area contributed by atoms with E-state index in [1.807, 2.05) is 0 Å². The van der Waals surface area contributed by atoms with Gasteiger partial charge in [0.05, 0.1) is 25.2 Å². The molecule has 0 radical (unpaired) electrons. The fraction of sp³-hybridized carbons (Fsp3) is 1.00. The summed E-state index contributed by atoms with van der Waals surface area (Å²) in [6.45, 7) is 1.01. The number of hydrogen-bond acceptors (Lipinski definition) is 5. The van der Waals surface area contributed by atoms with Crippen LogP contribution in [0.5, 0.6) is 0 Å². The quantitative estimate of drug-likeness (QED) is 0.257. The largest absolute Gasteiger partial charge is 0.395 e. The molecule has 4 N–H and O–H groups in total. The van der Waals surface area contributed by atoms with E-state index in [0.717, 1.165) is 18.6 Å². The lowest BCUT2D eigenvalue weighted by Crippen LogP contribution is -2.43. The summed E-state index contributed by atoms with van der Waals surface area (Å²) in [7, 11) is 0. The van der Waals surface area contributed by atoms with Crippen molar-refractivity contribution >= 4 is 11.8 Å². The molecular formula is C17H36O4S. The second kappa shape index (κ2) is 14.8. The number of thioether (sulfide) groups is 1. The summed E-state index contributed by atoms with van der Waals surface area (Å²) in [5.74, 6) is 0.791. The van der Waals surface area contributed by atoms with E-state index >= 15 is 0 Å². The van der Waals surface area contributed by atoms with Crippen LogP contribution in [0.3, 0.4) is 0 Å². The Kier molecular flexibility index (Phi) is 14.9. The molecule has 134 valence electrons. The number of rotatable bonds is 16. The molecule has 0 fully saturated rings. The van der Waals surface area contributed by atoms with Crippen LogP contribution >= 0.6 is 11.8 Å². The average Bonchev–Trinajstić information content (AvgIpc) is 2.55. The minimum atomic E-state index is -1.19. The summed E-state index contributed by atoms with van der Waals surface area (Å²) >= 11 is 1.31. The lowest BCUT2D eigenvalue weighted by molar-refractivity contribution is -0.0472. The molecule has 0 saturated carbocycles. The lowest BCUT2D eigenvalue weighted by Gasteiger charge is -2.32. The van der Waals surface area contributed by atoms with Crippen molar-refractivity contribution in [3.63, 3.8) is 0 Å². The Labute approximate surface area is 140 Å². The van der Waals surface area contributed by atoms with Gasteiger partial charge in [0.25, 0.3) is 0 Å². The monoisotopic (exact) mass is 336 g/mol. The first-order valence-corrected chi connectivity index (χ1v) is 9.84. The summed E-state index contributed by atoms with van der Waals surface area (Å²) in [4.78, 5) is 0. The van der Waals surface area contributed by atoms with Crippen molar-refractivity contribution in [1.29, 1.82) is 0 Å². The molecule has 0 rings (SSSR count). The predicted molar refractivity (Wildman–Crippen MR) is 94.0 cm³/mol. The van der Waals surface area contributed by atoms with E-state index in [1.165, 1.54) is 63.1 Å². The second-order valence-electron chi connectivity index (χ2n) is 6.24. The third-order valence-corrected chi connectivity index (χ3v) is 5.58. The zero-order valence-corrected chi connectivity index (χ0v) is 15.0. The van der Waals surface area contributed by atoms with Crippen molar-refractivity contribution in [2.45, 2.75) is 76.6 Å². The maximum absolute atomic E-state index is 9.99. The first kappa shape index (κ1) is 22.2. The van der Waals surface area contributed by atoms with Gasteiger partial charge in [-0.05, 0) is 12.2 Å². The van der Waals surface area contributed by atoms with Gasteiger partial charge in [0.15, 0.2) is 0 Å². The zero-order valence-electron chi connectivity index (χ0n) is 14.2. The van der Waals surface area contributed by atoms with E-state index in [9.17, 15) is 20.4 Å². The van der Waals surface area contributed by atoms with Crippen LogP contribution in [0.4, 0.5) is 0 Å². The molecule has 5 heteroatoms. The smallest absolute Gasteiger partial charge is 0.111 e. The van der Waals surface area contributed by atoms with Crippen molar-refractivity contribution in [2.75, 3.05) is 25.6 Å². The van der Waals surface area contributed by atoms with Gasteiger partial charge in [-0.25, -0.2) is 0 Å². The van der Waals surface area contributed by atoms with Crippen LogP contribution in [0.25, 0.3) is 0 Å². The van der Waals surface area contributed by atoms with Gasteiger partial charge in [-0.1, -0.05) is 64.7 Å². The molecule has 0 aliphatic rings. The maximum Gasteiger partial charge on any atom is 0.111 e. The van der Waals surface area contributed by atoms with Crippen molar-refractivity contribution in [3.05, 3.63) is 0 Å². The average molecular weight is 337 g/mol. The molecule has 1 atom stereocenters. The van der Waals surface area contributed by atoms with E-state index in [1.54, 1.807) is 0 Å². The summed E-state index contributed by atoms with van der Waals surface area (Å²) < 4.78 is 0. The van der Waals surface area contributed by atoms with Crippen LogP contribution in [0, 0.1) is 5.41 Å². The minimum Gasteiger partial charge on any atom is -0.395 e. The van der Waals surface area contributed by atoms with Gasteiger partial charge in [-0.15, -0.1) is 11.8 Å². The number of aliphatic hydroxyl groups is 4. The molecule has 0 bridgehead atoms. The van der Waals surface area contributed by atoms with Gasteiger partial charge < -0.3 is 20.4 Å². The van der Waals surface area contributed by atoms with Crippen LogP contribution in [-0.2, 0) is 0 Å². The van der Waals surface area contributed by atoms with Crippen molar-refractivity contribution in [3.8, 4) is 0 Å². The summed E-state index contributed by atoms with van der Waals surface area (Å²) in [5.41, 5.74) is -2.12. The van der Waals surface area contributed by atoms with E-state index < -0.39 is 30.7 Å². The van der Waals surface area contributed by atoms with Gasteiger partial charge in [0.1, 0.15) is 5.44 Å². The third-order valence-electron chi connectivity index (χ3n) is 4.24. The number of aliphatic hydroxyl groups excluding tert-OH is 4. The van der Waals surface area contributed by atoms with Crippen LogP contribution < -0.4 is 0 Å². The molecule has 4 nitrogen and oxygen atoms in total. The van der Waals surface area contributed by atoms with E-state index in [0.29, 0.717) is 0 Å². The maximum atomic E-state index is 9.99. The molecule has 0 saturated heterocycles. The van der Waals surface area contributed by atoms with Crippen LogP contribution in [-0.4, -0.2) is 51.4 Å². The SMILES string of the molecule is CCCCCCCCCCCCSC(O)C(CO)(CO)CO. The second-order valence-corrected chi connectivity index (χ2v) is 7.43. The Balaban J connectivity index is 3.49. The third kappa shape index (κ3) is 9.36. The first-order valence-electron chi connectivity index (χ1n) is 8.79. The van der Waals surface area contributed by atoms with Gasteiger partial charge in [0, 0.05) is 0 Å². The minimum absolute atomic E-state index is 0.411. The number of hydrogen-bond donors (Lipinski definition) is 4. The van der Waals surface area contributed by atoms with Gasteiger partial charge in [0.2, 0.25) is 0 Å². The summed E-state index contributed by atoms with van der Waals surface area (Å²) in [6.07, 6.45) is 12.7. The van der Waals surface area contributed by atoms with Crippen LogP contribution in [0.2, 0.25) is 0 Å². The topological polar surface area (TPSA) is 80.9 Å². The fourth-order valence-corrected chi connectivity index (χ4v) is 3.52. The van der Waals surface area contributed by atoms with Crippen molar-refractivity contribution in [2.24, 2.45) is 5.41 Å². The highest BCUT2D eigenvalue weighted by Gasteiger charge is 2.36. The Hall–Kier alpha value is 0.190. The molecule has 0 aromatic carbocycles.